The summed E-state index contributed by atoms with van der Waals surface area (Å²) in [5.41, 5.74) is 1.46. The van der Waals surface area contributed by atoms with Gasteiger partial charge >= 0.3 is 0 Å². The van der Waals surface area contributed by atoms with E-state index in [2.05, 4.69) is 47.8 Å². The van der Waals surface area contributed by atoms with E-state index in [1.807, 2.05) is 0 Å². The van der Waals surface area contributed by atoms with Crippen molar-refractivity contribution in [3.8, 4) is 0 Å². The monoisotopic (exact) mass is 197 g/mol. The fraction of sp³-hybridized carbons (Fsp3) is 0.286. The smallest absolute Gasteiger partial charge is 0.0326 e. The molecule has 0 unspecified atom stereocenters. The maximum absolute atomic E-state index is 3.57. The van der Waals surface area contributed by atoms with E-state index < -0.39 is 0 Å². The maximum Gasteiger partial charge on any atom is 0.0326 e. The highest BCUT2D eigenvalue weighted by Crippen LogP contribution is 2.29. The minimum atomic E-state index is 0.566. The van der Waals surface area contributed by atoms with Gasteiger partial charge in [0, 0.05) is 6.04 Å². The van der Waals surface area contributed by atoms with Crippen molar-refractivity contribution in [3.63, 3.8) is 0 Å². The molecule has 0 aromatic heterocycles. The summed E-state index contributed by atoms with van der Waals surface area (Å²) in [4.78, 5) is 0. The van der Waals surface area contributed by atoms with E-state index in [9.17, 15) is 0 Å². The second-order valence-corrected chi connectivity index (χ2v) is 4.22. The van der Waals surface area contributed by atoms with Crippen molar-refractivity contribution in [1.29, 1.82) is 0 Å². The zero-order chi connectivity index (χ0) is 10.1. The maximum atomic E-state index is 3.57. The van der Waals surface area contributed by atoms with Crippen LogP contribution in [0, 0.1) is 0 Å². The molecule has 1 saturated heterocycles. The summed E-state index contributed by atoms with van der Waals surface area (Å²) in [7, 11) is 0. The Balaban J connectivity index is 2.16. The van der Waals surface area contributed by atoms with Crippen LogP contribution in [0.15, 0.2) is 42.5 Å². The van der Waals surface area contributed by atoms with Crippen molar-refractivity contribution in [2.75, 3.05) is 6.54 Å². The lowest BCUT2D eigenvalue weighted by Gasteiger charge is -2.13. The molecular weight excluding hydrogens is 182 g/mol. The molecule has 2 aromatic carbocycles. The molecule has 1 N–H and O–H groups in total. The molecule has 15 heavy (non-hydrogen) atoms. The number of rotatable bonds is 1. The fourth-order valence-corrected chi connectivity index (χ4v) is 2.50. The van der Waals surface area contributed by atoms with Crippen molar-refractivity contribution in [2.24, 2.45) is 0 Å². The molecule has 2 aromatic rings. The van der Waals surface area contributed by atoms with Crippen LogP contribution in [0.3, 0.4) is 0 Å². The number of hydrogen-bond acceptors (Lipinski definition) is 1. The molecule has 76 valence electrons. The van der Waals surface area contributed by atoms with E-state index in [0.717, 1.165) is 6.54 Å². The second kappa shape index (κ2) is 3.67. The highest BCUT2D eigenvalue weighted by Gasteiger charge is 2.17. The van der Waals surface area contributed by atoms with Crippen LogP contribution in [0.4, 0.5) is 0 Å². The minimum absolute atomic E-state index is 0.566. The Morgan fingerprint density at radius 3 is 2.73 bits per heavy atom. The minimum Gasteiger partial charge on any atom is -0.310 e. The highest BCUT2D eigenvalue weighted by atomic mass is 14.9. The summed E-state index contributed by atoms with van der Waals surface area (Å²) >= 11 is 0. The molecule has 0 aliphatic carbocycles. The molecule has 0 amide bonds. The van der Waals surface area contributed by atoms with Gasteiger partial charge in [-0.25, -0.2) is 0 Å². The van der Waals surface area contributed by atoms with Crippen LogP contribution in [0.1, 0.15) is 24.4 Å². The van der Waals surface area contributed by atoms with Crippen LogP contribution in [-0.2, 0) is 0 Å². The van der Waals surface area contributed by atoms with Gasteiger partial charge in [0.1, 0.15) is 0 Å². The van der Waals surface area contributed by atoms with Crippen LogP contribution in [0.2, 0.25) is 0 Å². The molecule has 0 saturated carbocycles. The fourth-order valence-electron chi connectivity index (χ4n) is 2.50. The summed E-state index contributed by atoms with van der Waals surface area (Å²) in [6.45, 7) is 1.16. The first-order valence-corrected chi connectivity index (χ1v) is 5.66. The lowest BCUT2D eigenvalue weighted by atomic mass is 9.98. The Hall–Kier alpha value is -1.34. The van der Waals surface area contributed by atoms with Crippen LogP contribution in [0.5, 0.6) is 0 Å². The topological polar surface area (TPSA) is 12.0 Å². The summed E-state index contributed by atoms with van der Waals surface area (Å²) in [6, 6.07) is 15.8. The Bertz CT molecular complexity index is 464. The summed E-state index contributed by atoms with van der Waals surface area (Å²) in [5.74, 6) is 0. The van der Waals surface area contributed by atoms with E-state index in [-0.39, 0.29) is 0 Å². The lowest BCUT2D eigenvalue weighted by Crippen LogP contribution is -2.12. The van der Waals surface area contributed by atoms with Crippen LogP contribution in [-0.4, -0.2) is 6.54 Å². The van der Waals surface area contributed by atoms with Crippen LogP contribution in [0.25, 0.3) is 10.8 Å². The molecule has 3 rings (SSSR count). The molecule has 1 atom stereocenters. The first-order valence-electron chi connectivity index (χ1n) is 5.66. The van der Waals surface area contributed by atoms with Crippen molar-refractivity contribution < 1.29 is 0 Å². The van der Waals surface area contributed by atoms with E-state index in [4.69, 9.17) is 0 Å². The molecule has 1 aliphatic heterocycles. The predicted octanol–water partition coefficient (Wildman–Crippen LogP) is 3.26. The molecule has 1 fully saturated rings. The number of nitrogens with one attached hydrogen (secondary N) is 1. The highest BCUT2D eigenvalue weighted by molar-refractivity contribution is 5.86. The summed E-state index contributed by atoms with van der Waals surface area (Å²) in [6.07, 6.45) is 2.57. The van der Waals surface area contributed by atoms with Gasteiger partial charge in [0.15, 0.2) is 0 Å². The predicted molar refractivity (Wildman–Crippen MR) is 63.9 cm³/mol. The molecule has 0 spiro atoms. The van der Waals surface area contributed by atoms with Gasteiger partial charge in [0.25, 0.3) is 0 Å². The first-order chi connectivity index (χ1) is 7.45. The third-order valence-corrected chi connectivity index (χ3v) is 3.26. The second-order valence-electron chi connectivity index (χ2n) is 4.22. The Kier molecular flexibility index (Phi) is 2.18. The van der Waals surface area contributed by atoms with E-state index in [1.165, 1.54) is 29.2 Å². The Morgan fingerprint density at radius 1 is 1.00 bits per heavy atom. The van der Waals surface area contributed by atoms with Gasteiger partial charge in [0.2, 0.25) is 0 Å². The van der Waals surface area contributed by atoms with Gasteiger partial charge in [-0.05, 0) is 35.7 Å². The quantitative estimate of drug-likeness (QED) is 0.740. The van der Waals surface area contributed by atoms with Gasteiger partial charge in [0.05, 0.1) is 0 Å². The zero-order valence-corrected chi connectivity index (χ0v) is 8.74. The standard InChI is InChI=1S/C14H15N/c1-2-7-12-11(5-1)6-3-8-13(12)14-9-4-10-15-14/h1-3,5-8,14-15H,4,9-10H2/t14-/m0/s1. The normalized spacial score (nSPS) is 20.9. The van der Waals surface area contributed by atoms with E-state index in [1.54, 1.807) is 0 Å². The van der Waals surface area contributed by atoms with Gasteiger partial charge < -0.3 is 5.32 Å². The van der Waals surface area contributed by atoms with Crippen molar-refractivity contribution in [3.05, 3.63) is 48.0 Å². The van der Waals surface area contributed by atoms with Crippen LogP contribution >= 0.6 is 0 Å². The molecule has 0 radical (unpaired) electrons. The average Bonchev–Trinajstić information content (AvgIpc) is 2.82. The average molecular weight is 197 g/mol. The molecule has 1 nitrogen and oxygen atoms in total. The number of hydrogen-bond donors (Lipinski definition) is 1. The van der Waals surface area contributed by atoms with E-state index >= 15 is 0 Å². The van der Waals surface area contributed by atoms with Crippen molar-refractivity contribution in [2.45, 2.75) is 18.9 Å². The van der Waals surface area contributed by atoms with E-state index in [0.29, 0.717) is 6.04 Å². The SMILES string of the molecule is c1ccc2c([C@@H]3CCCN3)cccc2c1. The zero-order valence-electron chi connectivity index (χ0n) is 8.74. The van der Waals surface area contributed by atoms with Gasteiger partial charge in [-0.15, -0.1) is 0 Å². The molecule has 1 heterocycles. The summed E-state index contributed by atoms with van der Waals surface area (Å²) in [5, 5.41) is 6.32. The molecule has 1 aliphatic rings. The third-order valence-electron chi connectivity index (χ3n) is 3.26. The largest absolute Gasteiger partial charge is 0.310 e. The first kappa shape index (κ1) is 8.93. The van der Waals surface area contributed by atoms with Gasteiger partial charge in [-0.2, -0.15) is 0 Å². The molecular formula is C14H15N. The summed E-state index contributed by atoms with van der Waals surface area (Å²) < 4.78 is 0. The lowest BCUT2D eigenvalue weighted by molar-refractivity contribution is 0.653. The molecule has 0 bridgehead atoms. The van der Waals surface area contributed by atoms with Gasteiger partial charge in [-0.1, -0.05) is 42.5 Å². The number of benzene rings is 2. The Labute approximate surface area is 90.1 Å². The Morgan fingerprint density at radius 2 is 1.87 bits per heavy atom. The molecule has 1 heteroatoms. The van der Waals surface area contributed by atoms with Crippen molar-refractivity contribution >= 4 is 10.8 Å². The van der Waals surface area contributed by atoms with Gasteiger partial charge in [-0.3, -0.25) is 0 Å². The van der Waals surface area contributed by atoms with Crippen LogP contribution < -0.4 is 5.32 Å². The third kappa shape index (κ3) is 1.53. The number of fused-ring (bicyclic) bond motifs is 1. The van der Waals surface area contributed by atoms with Crippen molar-refractivity contribution in [1.82, 2.24) is 5.32 Å².